The second-order valence-electron chi connectivity index (χ2n) is 5.02. The molecule has 0 saturated carbocycles. The summed E-state index contributed by atoms with van der Waals surface area (Å²) in [5.74, 6) is -1.04. The fraction of sp³-hybridized carbons (Fsp3) is 0.600. The number of ether oxygens (including phenoxy) is 2. The molecule has 1 aromatic carbocycles. The smallest absolute Gasteiger partial charge is 0.131 e. The second kappa shape index (κ2) is 6.44. The molecule has 1 saturated heterocycles. The predicted molar refractivity (Wildman–Crippen MR) is 69.1 cm³/mol. The molecule has 4 heteroatoms. The summed E-state index contributed by atoms with van der Waals surface area (Å²) >= 11 is 0. The molecule has 0 aromatic heterocycles. The third-order valence-corrected chi connectivity index (χ3v) is 3.38. The largest absolute Gasteiger partial charge is 0.379 e. The SMILES string of the molecule is CCCOCC1CCC(c2cc(C)c(F)cc2F)O1. The van der Waals surface area contributed by atoms with Crippen LogP contribution in [-0.2, 0) is 9.47 Å². The van der Waals surface area contributed by atoms with Crippen LogP contribution in [-0.4, -0.2) is 19.3 Å². The first-order chi connectivity index (χ1) is 9.11. The average molecular weight is 270 g/mol. The quantitative estimate of drug-likeness (QED) is 0.755. The Hall–Kier alpha value is -1.00. The standard InChI is InChI=1S/C15H20F2O2/c1-3-6-18-9-11-4-5-15(19-11)12-7-10(2)13(16)8-14(12)17/h7-8,11,15H,3-6,9H2,1-2H3. The molecule has 0 N–H and O–H groups in total. The summed E-state index contributed by atoms with van der Waals surface area (Å²) in [7, 11) is 0. The molecule has 0 bridgehead atoms. The first-order valence-corrected chi connectivity index (χ1v) is 6.80. The number of rotatable bonds is 5. The third kappa shape index (κ3) is 3.51. The molecule has 2 unspecified atom stereocenters. The molecule has 2 rings (SSSR count). The molecular weight excluding hydrogens is 250 g/mol. The van der Waals surface area contributed by atoms with E-state index >= 15 is 0 Å². The van der Waals surface area contributed by atoms with Crippen LogP contribution >= 0.6 is 0 Å². The molecule has 0 amide bonds. The summed E-state index contributed by atoms with van der Waals surface area (Å²) in [6, 6.07) is 2.49. The lowest BCUT2D eigenvalue weighted by molar-refractivity contribution is -0.0165. The maximum Gasteiger partial charge on any atom is 0.131 e. The maximum atomic E-state index is 13.8. The highest BCUT2D eigenvalue weighted by molar-refractivity contribution is 5.28. The summed E-state index contributed by atoms with van der Waals surface area (Å²) in [5.41, 5.74) is 0.905. The van der Waals surface area contributed by atoms with Crippen LogP contribution < -0.4 is 0 Å². The lowest BCUT2D eigenvalue weighted by atomic mass is 10.0. The van der Waals surface area contributed by atoms with E-state index in [2.05, 4.69) is 6.92 Å². The van der Waals surface area contributed by atoms with E-state index in [1.54, 1.807) is 13.0 Å². The number of hydrogen-bond donors (Lipinski definition) is 0. The first-order valence-electron chi connectivity index (χ1n) is 6.80. The fourth-order valence-corrected chi connectivity index (χ4v) is 2.34. The molecule has 1 aromatic rings. The van der Waals surface area contributed by atoms with Gasteiger partial charge >= 0.3 is 0 Å². The zero-order chi connectivity index (χ0) is 13.8. The molecule has 19 heavy (non-hydrogen) atoms. The van der Waals surface area contributed by atoms with Crippen molar-refractivity contribution in [2.45, 2.75) is 45.3 Å². The Morgan fingerprint density at radius 1 is 1.26 bits per heavy atom. The highest BCUT2D eigenvalue weighted by Crippen LogP contribution is 2.35. The topological polar surface area (TPSA) is 18.5 Å². The van der Waals surface area contributed by atoms with E-state index < -0.39 is 11.6 Å². The average Bonchev–Trinajstić information content (AvgIpc) is 2.83. The normalized spacial score (nSPS) is 22.9. The minimum absolute atomic E-state index is 0.0151. The van der Waals surface area contributed by atoms with Gasteiger partial charge in [0.2, 0.25) is 0 Å². The van der Waals surface area contributed by atoms with Crippen LogP contribution in [0, 0.1) is 18.6 Å². The molecule has 0 aliphatic carbocycles. The minimum atomic E-state index is -0.525. The number of halogens is 2. The zero-order valence-corrected chi connectivity index (χ0v) is 11.4. The summed E-state index contributed by atoms with van der Waals surface area (Å²) in [6.07, 6.45) is 2.31. The molecule has 2 nitrogen and oxygen atoms in total. The van der Waals surface area contributed by atoms with Gasteiger partial charge in [0.1, 0.15) is 11.6 Å². The molecule has 1 fully saturated rings. The van der Waals surface area contributed by atoms with E-state index in [-0.39, 0.29) is 12.2 Å². The van der Waals surface area contributed by atoms with E-state index in [1.807, 2.05) is 0 Å². The van der Waals surface area contributed by atoms with Gasteiger partial charge in [-0.25, -0.2) is 8.78 Å². The minimum Gasteiger partial charge on any atom is -0.379 e. The molecule has 1 aliphatic heterocycles. The van der Waals surface area contributed by atoms with Crippen molar-refractivity contribution in [1.82, 2.24) is 0 Å². The first kappa shape index (κ1) is 14.4. The Balaban J connectivity index is 1.99. The molecule has 1 aliphatic rings. The summed E-state index contributed by atoms with van der Waals surface area (Å²) in [6.45, 7) is 4.95. The Morgan fingerprint density at radius 2 is 2.05 bits per heavy atom. The number of aryl methyl sites for hydroxylation is 1. The van der Waals surface area contributed by atoms with E-state index in [9.17, 15) is 8.78 Å². The van der Waals surface area contributed by atoms with Crippen molar-refractivity contribution >= 4 is 0 Å². The van der Waals surface area contributed by atoms with E-state index in [1.165, 1.54) is 0 Å². The number of benzene rings is 1. The number of hydrogen-bond acceptors (Lipinski definition) is 2. The lowest BCUT2D eigenvalue weighted by Gasteiger charge is -2.15. The van der Waals surface area contributed by atoms with E-state index in [0.717, 1.165) is 25.3 Å². The Kier molecular flexibility index (Phi) is 4.88. The van der Waals surface area contributed by atoms with E-state index in [4.69, 9.17) is 9.47 Å². The van der Waals surface area contributed by atoms with E-state index in [0.29, 0.717) is 24.3 Å². The Bertz CT molecular complexity index is 434. The van der Waals surface area contributed by atoms with Gasteiger partial charge < -0.3 is 9.47 Å². The van der Waals surface area contributed by atoms with Gasteiger partial charge in [-0.2, -0.15) is 0 Å². The summed E-state index contributed by atoms with van der Waals surface area (Å²) in [5, 5.41) is 0. The highest BCUT2D eigenvalue weighted by atomic mass is 19.1. The van der Waals surface area contributed by atoms with Crippen LogP contribution in [0.25, 0.3) is 0 Å². The van der Waals surface area contributed by atoms with Gasteiger partial charge in [-0.1, -0.05) is 6.92 Å². The molecular formula is C15H20F2O2. The van der Waals surface area contributed by atoms with Crippen LogP contribution in [0.4, 0.5) is 8.78 Å². The molecule has 1 heterocycles. The van der Waals surface area contributed by atoms with Crippen LogP contribution in [0.3, 0.4) is 0 Å². The van der Waals surface area contributed by atoms with Crippen molar-refractivity contribution < 1.29 is 18.3 Å². The molecule has 0 radical (unpaired) electrons. The van der Waals surface area contributed by atoms with Crippen molar-refractivity contribution in [3.8, 4) is 0 Å². The highest BCUT2D eigenvalue weighted by Gasteiger charge is 2.29. The van der Waals surface area contributed by atoms with Crippen LogP contribution in [0.5, 0.6) is 0 Å². The monoisotopic (exact) mass is 270 g/mol. The van der Waals surface area contributed by atoms with Gasteiger partial charge in [-0.3, -0.25) is 0 Å². The lowest BCUT2D eigenvalue weighted by Crippen LogP contribution is -2.15. The van der Waals surface area contributed by atoms with Gasteiger partial charge in [0.25, 0.3) is 0 Å². The van der Waals surface area contributed by atoms with Crippen molar-refractivity contribution in [2.24, 2.45) is 0 Å². The van der Waals surface area contributed by atoms with Crippen LogP contribution in [0.2, 0.25) is 0 Å². The van der Waals surface area contributed by atoms with Gasteiger partial charge in [0, 0.05) is 18.2 Å². The van der Waals surface area contributed by atoms with Gasteiger partial charge in [0.05, 0.1) is 18.8 Å². The zero-order valence-electron chi connectivity index (χ0n) is 11.4. The maximum absolute atomic E-state index is 13.8. The summed E-state index contributed by atoms with van der Waals surface area (Å²) < 4.78 is 38.2. The Morgan fingerprint density at radius 3 is 2.79 bits per heavy atom. The van der Waals surface area contributed by atoms with Gasteiger partial charge in [0.15, 0.2) is 0 Å². The summed E-state index contributed by atoms with van der Waals surface area (Å²) in [4.78, 5) is 0. The van der Waals surface area contributed by atoms with Gasteiger partial charge in [-0.15, -0.1) is 0 Å². The third-order valence-electron chi connectivity index (χ3n) is 3.38. The van der Waals surface area contributed by atoms with Crippen molar-refractivity contribution in [3.63, 3.8) is 0 Å². The molecule has 0 spiro atoms. The molecule has 106 valence electrons. The molecule has 2 atom stereocenters. The van der Waals surface area contributed by atoms with Crippen molar-refractivity contribution in [1.29, 1.82) is 0 Å². The van der Waals surface area contributed by atoms with Crippen molar-refractivity contribution in [2.75, 3.05) is 13.2 Å². The Labute approximate surface area is 112 Å². The van der Waals surface area contributed by atoms with Crippen molar-refractivity contribution in [3.05, 3.63) is 34.9 Å². The predicted octanol–water partition coefficient (Wildman–Crippen LogP) is 3.92. The fourth-order valence-electron chi connectivity index (χ4n) is 2.34. The van der Waals surface area contributed by atoms with Crippen LogP contribution in [0.1, 0.15) is 43.4 Å². The van der Waals surface area contributed by atoms with Gasteiger partial charge in [-0.05, 0) is 37.8 Å². The van der Waals surface area contributed by atoms with Crippen LogP contribution in [0.15, 0.2) is 12.1 Å². The second-order valence-corrected chi connectivity index (χ2v) is 5.02.